The van der Waals surface area contributed by atoms with Gasteiger partial charge in [0, 0.05) is 31.9 Å². The molecule has 1 saturated heterocycles. The van der Waals surface area contributed by atoms with Crippen molar-refractivity contribution in [2.75, 3.05) is 26.3 Å². The minimum absolute atomic E-state index is 0.0853. The lowest BCUT2D eigenvalue weighted by Gasteiger charge is -2.27. The van der Waals surface area contributed by atoms with Gasteiger partial charge >= 0.3 is 24.1 Å². The summed E-state index contributed by atoms with van der Waals surface area (Å²) in [5.41, 5.74) is -1.30. The Morgan fingerprint density at radius 1 is 0.848 bits per heavy atom. The van der Waals surface area contributed by atoms with E-state index in [1.807, 2.05) is 0 Å². The molecule has 46 heavy (non-hydrogen) atoms. The highest BCUT2D eigenvalue weighted by Crippen LogP contribution is 2.31. The molecule has 252 valence electrons. The largest absolute Gasteiger partial charge is 0.457 e. The Kier molecular flexibility index (Phi) is 12.8. The van der Waals surface area contributed by atoms with Crippen molar-refractivity contribution in [3.8, 4) is 9.75 Å². The van der Waals surface area contributed by atoms with Crippen molar-refractivity contribution in [3.05, 3.63) is 22.4 Å². The number of ether oxygens (including phenoxy) is 4. The van der Waals surface area contributed by atoms with Crippen LogP contribution < -0.4 is 5.32 Å². The van der Waals surface area contributed by atoms with E-state index in [2.05, 4.69) is 15.3 Å². The molecule has 3 heterocycles. The number of nitrogens with zero attached hydrogens (tertiary/aromatic N) is 3. The fraction of sp³-hybridized carbons (Fsp3) is 0.600. The van der Waals surface area contributed by atoms with Crippen LogP contribution in [-0.4, -0.2) is 94.1 Å². The standard InChI is InChI=1S/C30H40N4O10S2/c1-29(2,3)43-27(39)31-12-8-7-11-23(37)41-16-19(35)24-32-14-21(45-24)22-15-33-25(46-22)20(36)17-42-26(38)18-10-9-13-34(18)28(40)44-30(4,5)6/h14-15,18H,7-13,16-17H2,1-6H3,(H,31,39)/t18-/m0/s1. The van der Waals surface area contributed by atoms with E-state index in [1.54, 1.807) is 41.5 Å². The van der Waals surface area contributed by atoms with Gasteiger partial charge in [0.15, 0.2) is 23.2 Å². The van der Waals surface area contributed by atoms with Crippen LogP contribution in [0.15, 0.2) is 12.4 Å². The first-order chi connectivity index (χ1) is 21.5. The maximum Gasteiger partial charge on any atom is 0.411 e. The number of amides is 2. The van der Waals surface area contributed by atoms with Gasteiger partial charge in [-0.3, -0.25) is 19.3 Å². The second kappa shape index (κ2) is 16.1. The number of unbranched alkanes of at least 4 members (excludes halogenated alkanes) is 1. The third-order valence-electron chi connectivity index (χ3n) is 6.07. The Morgan fingerprint density at radius 2 is 1.41 bits per heavy atom. The third-order valence-corrected chi connectivity index (χ3v) is 8.34. The number of esters is 2. The predicted molar refractivity (Wildman–Crippen MR) is 168 cm³/mol. The molecule has 1 fully saturated rings. The van der Waals surface area contributed by atoms with E-state index in [-0.39, 0.29) is 16.4 Å². The number of hydrogen-bond donors (Lipinski definition) is 1. The summed E-state index contributed by atoms with van der Waals surface area (Å²) >= 11 is 2.12. The second-order valence-corrected chi connectivity index (χ2v) is 14.5. The summed E-state index contributed by atoms with van der Waals surface area (Å²) in [6.07, 6.45) is 3.89. The molecule has 16 heteroatoms. The van der Waals surface area contributed by atoms with E-state index in [9.17, 15) is 28.8 Å². The molecule has 0 unspecified atom stereocenters. The highest BCUT2D eigenvalue weighted by molar-refractivity contribution is 7.23. The number of hydrogen-bond acceptors (Lipinski definition) is 14. The molecular weight excluding hydrogens is 640 g/mol. The van der Waals surface area contributed by atoms with Crippen LogP contribution in [0, 0.1) is 0 Å². The zero-order chi connectivity index (χ0) is 34.1. The number of alkyl carbamates (subject to hydrolysis) is 1. The van der Waals surface area contributed by atoms with Crippen molar-refractivity contribution in [2.24, 2.45) is 0 Å². The van der Waals surface area contributed by atoms with Crippen molar-refractivity contribution in [2.45, 2.75) is 90.9 Å². The molecule has 0 spiro atoms. The van der Waals surface area contributed by atoms with E-state index in [0.717, 1.165) is 22.7 Å². The molecule has 0 aromatic carbocycles. The number of ketones is 2. The lowest BCUT2D eigenvalue weighted by molar-refractivity contribution is -0.147. The summed E-state index contributed by atoms with van der Waals surface area (Å²) < 4.78 is 20.8. The first-order valence-electron chi connectivity index (χ1n) is 14.8. The third kappa shape index (κ3) is 11.8. The molecule has 14 nitrogen and oxygen atoms in total. The molecule has 0 bridgehead atoms. The average Bonchev–Trinajstić information content (AvgIpc) is 3.73. The topological polar surface area (TPSA) is 180 Å². The molecule has 3 rings (SSSR count). The van der Waals surface area contributed by atoms with Crippen molar-refractivity contribution in [1.29, 1.82) is 0 Å². The van der Waals surface area contributed by atoms with Gasteiger partial charge in [0.2, 0.25) is 11.6 Å². The molecule has 0 saturated carbocycles. The normalized spacial score (nSPS) is 14.8. The van der Waals surface area contributed by atoms with Gasteiger partial charge in [-0.1, -0.05) is 0 Å². The van der Waals surface area contributed by atoms with Crippen LogP contribution >= 0.6 is 22.7 Å². The molecule has 0 radical (unpaired) electrons. The monoisotopic (exact) mass is 680 g/mol. The zero-order valence-corrected chi connectivity index (χ0v) is 28.5. The first-order valence-corrected chi connectivity index (χ1v) is 16.4. The van der Waals surface area contributed by atoms with Crippen LogP contribution in [0.1, 0.15) is 93.3 Å². The van der Waals surface area contributed by atoms with Crippen molar-refractivity contribution < 1.29 is 47.7 Å². The van der Waals surface area contributed by atoms with Gasteiger partial charge in [-0.25, -0.2) is 24.4 Å². The zero-order valence-electron chi connectivity index (χ0n) is 26.8. The van der Waals surface area contributed by atoms with Crippen LogP contribution in [0.4, 0.5) is 9.59 Å². The molecule has 1 aliphatic heterocycles. The Hall–Kier alpha value is -3.92. The Labute approximate surface area is 275 Å². The molecule has 1 N–H and O–H groups in total. The van der Waals surface area contributed by atoms with Gasteiger partial charge in [-0.05, 0) is 67.2 Å². The lowest BCUT2D eigenvalue weighted by atomic mass is 10.2. The molecular formula is C30H40N4O10S2. The van der Waals surface area contributed by atoms with Gasteiger partial charge in [0.25, 0.3) is 0 Å². The van der Waals surface area contributed by atoms with Crippen LogP contribution in [0.2, 0.25) is 0 Å². The van der Waals surface area contributed by atoms with Crippen LogP contribution in [0.3, 0.4) is 0 Å². The molecule has 1 aliphatic rings. The van der Waals surface area contributed by atoms with Crippen molar-refractivity contribution in [3.63, 3.8) is 0 Å². The number of aromatic nitrogens is 2. The fourth-order valence-corrected chi connectivity index (χ4v) is 5.80. The number of nitrogens with one attached hydrogen (secondary N) is 1. The van der Waals surface area contributed by atoms with Crippen molar-refractivity contribution in [1.82, 2.24) is 20.2 Å². The molecule has 0 aliphatic carbocycles. The number of thiazole rings is 2. The first kappa shape index (κ1) is 36.5. The summed E-state index contributed by atoms with van der Waals surface area (Å²) in [5.74, 6) is -2.22. The van der Waals surface area contributed by atoms with E-state index >= 15 is 0 Å². The van der Waals surface area contributed by atoms with E-state index < -0.39 is 66.1 Å². The van der Waals surface area contributed by atoms with Gasteiger partial charge in [0.05, 0.1) is 9.75 Å². The Balaban J connectivity index is 1.41. The van der Waals surface area contributed by atoms with Crippen LogP contribution in [-0.2, 0) is 28.5 Å². The summed E-state index contributed by atoms with van der Waals surface area (Å²) in [6, 6.07) is -0.824. The number of Topliss-reactive ketones (excluding diaryl/α,β-unsaturated/α-hetero) is 2. The minimum Gasteiger partial charge on any atom is -0.457 e. The summed E-state index contributed by atoms with van der Waals surface area (Å²) in [5, 5.41) is 2.84. The van der Waals surface area contributed by atoms with Gasteiger partial charge in [0.1, 0.15) is 17.2 Å². The minimum atomic E-state index is -0.824. The number of carbonyl (C=O) groups is 6. The van der Waals surface area contributed by atoms with Crippen LogP contribution in [0.25, 0.3) is 9.75 Å². The number of carbonyl (C=O) groups excluding carboxylic acids is 6. The molecule has 2 aromatic heterocycles. The second-order valence-electron chi connectivity index (χ2n) is 12.4. The van der Waals surface area contributed by atoms with Gasteiger partial charge in [-0.2, -0.15) is 0 Å². The van der Waals surface area contributed by atoms with Crippen molar-refractivity contribution >= 4 is 58.4 Å². The predicted octanol–water partition coefficient (Wildman–Crippen LogP) is 4.81. The average molecular weight is 681 g/mol. The quantitative estimate of drug-likeness (QED) is 0.132. The molecule has 2 amide bonds. The highest BCUT2D eigenvalue weighted by atomic mass is 32.1. The summed E-state index contributed by atoms with van der Waals surface area (Å²) in [4.78, 5) is 84.7. The SMILES string of the molecule is CC(C)(C)OC(=O)NCCCCC(=O)OCC(=O)c1ncc(-c2cnc(C(=O)COC(=O)[C@@H]3CCCN3C(=O)OC(C)(C)C)s2)s1. The van der Waals surface area contributed by atoms with E-state index in [1.165, 1.54) is 17.3 Å². The van der Waals surface area contributed by atoms with E-state index in [0.29, 0.717) is 48.5 Å². The molecule has 2 aromatic rings. The Bertz CT molecular complexity index is 1420. The fourth-order valence-electron chi connectivity index (χ4n) is 4.06. The summed E-state index contributed by atoms with van der Waals surface area (Å²) in [6.45, 7) is 10.2. The lowest BCUT2D eigenvalue weighted by Crippen LogP contribution is -2.44. The maximum absolute atomic E-state index is 12.7. The van der Waals surface area contributed by atoms with Gasteiger partial charge in [-0.15, -0.1) is 22.7 Å². The summed E-state index contributed by atoms with van der Waals surface area (Å²) in [7, 11) is 0. The smallest absolute Gasteiger partial charge is 0.411 e. The molecule has 1 atom stereocenters. The number of rotatable bonds is 13. The highest BCUT2D eigenvalue weighted by Gasteiger charge is 2.38. The van der Waals surface area contributed by atoms with Gasteiger partial charge < -0.3 is 24.3 Å². The Morgan fingerprint density at radius 3 is 1.98 bits per heavy atom. The van der Waals surface area contributed by atoms with Crippen LogP contribution in [0.5, 0.6) is 0 Å². The number of likely N-dealkylation sites (tertiary alicyclic amines) is 1. The maximum atomic E-state index is 12.7. The van der Waals surface area contributed by atoms with E-state index in [4.69, 9.17) is 18.9 Å².